The van der Waals surface area contributed by atoms with Crippen LogP contribution < -0.4 is 11.1 Å². The van der Waals surface area contributed by atoms with Crippen molar-refractivity contribution in [1.82, 2.24) is 10.2 Å². The number of hydrogen-bond acceptors (Lipinski definition) is 3. The molecule has 0 aromatic rings. The predicted molar refractivity (Wildman–Crippen MR) is 63.9 cm³/mol. The van der Waals surface area contributed by atoms with Gasteiger partial charge in [-0.1, -0.05) is 6.92 Å². The molecule has 1 saturated carbocycles. The summed E-state index contributed by atoms with van der Waals surface area (Å²) in [6, 6.07) is 0.474. The van der Waals surface area contributed by atoms with E-state index in [0.29, 0.717) is 24.4 Å². The van der Waals surface area contributed by atoms with Crippen molar-refractivity contribution in [3.63, 3.8) is 0 Å². The van der Waals surface area contributed by atoms with Crippen molar-refractivity contribution in [3.8, 4) is 0 Å². The highest BCUT2D eigenvalue weighted by Crippen LogP contribution is 2.22. The van der Waals surface area contributed by atoms with E-state index in [2.05, 4.69) is 17.1 Å². The Hall–Kier alpha value is -0.610. The first-order valence-electron chi connectivity index (χ1n) is 6.41. The molecule has 1 amide bonds. The Morgan fingerprint density at radius 2 is 2.19 bits per heavy atom. The van der Waals surface area contributed by atoms with Crippen LogP contribution in [0.4, 0.5) is 0 Å². The quantitative estimate of drug-likeness (QED) is 0.717. The number of likely N-dealkylation sites (tertiary alicyclic amines) is 1. The predicted octanol–water partition coefficient (Wildman–Crippen LogP) is 0.182. The molecule has 0 radical (unpaired) electrons. The molecule has 92 valence electrons. The van der Waals surface area contributed by atoms with Gasteiger partial charge in [-0.3, -0.25) is 9.69 Å². The maximum absolute atomic E-state index is 11.7. The molecule has 1 aliphatic heterocycles. The number of nitrogens with one attached hydrogen (secondary N) is 1. The minimum absolute atomic E-state index is 0.188. The molecule has 2 unspecified atom stereocenters. The summed E-state index contributed by atoms with van der Waals surface area (Å²) in [6.07, 6.45) is 3.49. The number of carbonyl (C=O) groups is 1. The van der Waals surface area contributed by atoms with Crippen molar-refractivity contribution in [1.29, 1.82) is 0 Å². The zero-order valence-electron chi connectivity index (χ0n) is 10.1. The number of nitrogens with zero attached hydrogens (tertiary/aromatic N) is 1. The van der Waals surface area contributed by atoms with Crippen LogP contribution in [0.15, 0.2) is 0 Å². The summed E-state index contributed by atoms with van der Waals surface area (Å²) in [5.41, 5.74) is 5.75. The lowest BCUT2D eigenvalue weighted by molar-refractivity contribution is -0.123. The van der Waals surface area contributed by atoms with E-state index in [1.165, 1.54) is 6.42 Å². The number of amides is 1. The van der Waals surface area contributed by atoms with E-state index < -0.39 is 0 Å². The molecule has 4 heteroatoms. The lowest BCUT2D eigenvalue weighted by Gasteiger charge is -2.36. The monoisotopic (exact) mass is 225 g/mol. The molecular weight excluding hydrogens is 202 g/mol. The van der Waals surface area contributed by atoms with E-state index in [1.54, 1.807) is 0 Å². The Kier molecular flexibility index (Phi) is 3.82. The molecular formula is C12H23N3O. The summed E-state index contributed by atoms with van der Waals surface area (Å²) >= 11 is 0. The van der Waals surface area contributed by atoms with Crippen LogP contribution in [-0.4, -0.2) is 43.0 Å². The summed E-state index contributed by atoms with van der Waals surface area (Å²) in [7, 11) is 0. The molecule has 2 rings (SSSR count). The molecule has 1 heterocycles. The standard InChI is InChI=1S/C12H23N3O/c1-9-4-5-15(7-10(9)6-13)8-12(16)14-11-2-3-11/h9-11H,2-8,13H2,1H3,(H,14,16). The van der Waals surface area contributed by atoms with E-state index >= 15 is 0 Å². The van der Waals surface area contributed by atoms with Gasteiger partial charge in [-0.05, 0) is 44.2 Å². The van der Waals surface area contributed by atoms with Crippen LogP contribution in [0.5, 0.6) is 0 Å². The number of hydrogen-bond donors (Lipinski definition) is 2. The van der Waals surface area contributed by atoms with Gasteiger partial charge in [0.1, 0.15) is 0 Å². The zero-order valence-corrected chi connectivity index (χ0v) is 10.1. The fourth-order valence-electron chi connectivity index (χ4n) is 2.38. The Balaban J connectivity index is 1.74. The van der Waals surface area contributed by atoms with Gasteiger partial charge in [-0.15, -0.1) is 0 Å². The first-order chi connectivity index (χ1) is 7.69. The van der Waals surface area contributed by atoms with E-state index in [9.17, 15) is 4.79 Å². The van der Waals surface area contributed by atoms with Crippen LogP contribution in [0, 0.1) is 11.8 Å². The molecule has 1 saturated heterocycles. The van der Waals surface area contributed by atoms with Gasteiger partial charge in [0, 0.05) is 12.6 Å². The average molecular weight is 225 g/mol. The molecule has 2 aliphatic rings. The van der Waals surface area contributed by atoms with Gasteiger partial charge < -0.3 is 11.1 Å². The van der Waals surface area contributed by atoms with Crippen molar-refractivity contribution in [2.24, 2.45) is 17.6 Å². The number of piperidine rings is 1. The second-order valence-electron chi connectivity index (χ2n) is 5.34. The summed E-state index contributed by atoms with van der Waals surface area (Å²) in [5, 5.41) is 3.03. The third-order valence-corrected chi connectivity index (χ3v) is 3.81. The lowest BCUT2D eigenvalue weighted by Crippen LogP contribution is -2.47. The minimum atomic E-state index is 0.188. The van der Waals surface area contributed by atoms with Gasteiger partial charge >= 0.3 is 0 Å². The Labute approximate surface area is 97.6 Å². The highest BCUT2D eigenvalue weighted by Gasteiger charge is 2.28. The summed E-state index contributed by atoms with van der Waals surface area (Å²) in [6.45, 7) is 5.58. The molecule has 0 aromatic heterocycles. The van der Waals surface area contributed by atoms with Crippen molar-refractivity contribution >= 4 is 5.91 Å². The fourth-order valence-corrected chi connectivity index (χ4v) is 2.38. The lowest BCUT2D eigenvalue weighted by atomic mass is 9.87. The van der Waals surface area contributed by atoms with Crippen molar-refractivity contribution in [2.45, 2.75) is 32.2 Å². The van der Waals surface area contributed by atoms with Gasteiger partial charge in [0.25, 0.3) is 0 Å². The third kappa shape index (κ3) is 3.19. The van der Waals surface area contributed by atoms with Crippen LogP contribution in [0.25, 0.3) is 0 Å². The molecule has 2 atom stereocenters. The molecule has 4 nitrogen and oxygen atoms in total. The van der Waals surface area contributed by atoms with Crippen LogP contribution in [0.1, 0.15) is 26.2 Å². The largest absolute Gasteiger partial charge is 0.352 e. The molecule has 3 N–H and O–H groups in total. The topological polar surface area (TPSA) is 58.4 Å². The highest BCUT2D eigenvalue weighted by atomic mass is 16.2. The highest BCUT2D eigenvalue weighted by molar-refractivity contribution is 5.78. The first-order valence-corrected chi connectivity index (χ1v) is 6.41. The maximum Gasteiger partial charge on any atom is 0.234 e. The zero-order chi connectivity index (χ0) is 11.5. The van der Waals surface area contributed by atoms with E-state index in [-0.39, 0.29) is 5.91 Å². The smallest absolute Gasteiger partial charge is 0.234 e. The van der Waals surface area contributed by atoms with Crippen LogP contribution in [-0.2, 0) is 4.79 Å². The van der Waals surface area contributed by atoms with Crippen LogP contribution in [0.2, 0.25) is 0 Å². The Morgan fingerprint density at radius 3 is 2.81 bits per heavy atom. The second kappa shape index (κ2) is 5.15. The van der Waals surface area contributed by atoms with Gasteiger partial charge in [0.15, 0.2) is 0 Å². The maximum atomic E-state index is 11.7. The molecule has 0 aromatic carbocycles. The third-order valence-electron chi connectivity index (χ3n) is 3.81. The normalized spacial score (nSPS) is 31.4. The van der Waals surface area contributed by atoms with E-state index in [1.807, 2.05) is 0 Å². The van der Waals surface area contributed by atoms with Crippen molar-refractivity contribution < 1.29 is 4.79 Å². The summed E-state index contributed by atoms with van der Waals surface area (Å²) < 4.78 is 0. The fraction of sp³-hybridized carbons (Fsp3) is 0.917. The number of nitrogens with two attached hydrogens (primary N) is 1. The van der Waals surface area contributed by atoms with E-state index in [0.717, 1.165) is 32.5 Å². The molecule has 0 spiro atoms. The minimum Gasteiger partial charge on any atom is -0.352 e. The van der Waals surface area contributed by atoms with Crippen LogP contribution >= 0.6 is 0 Å². The summed E-state index contributed by atoms with van der Waals surface area (Å²) in [5.74, 6) is 1.45. The summed E-state index contributed by atoms with van der Waals surface area (Å²) in [4.78, 5) is 13.9. The number of rotatable bonds is 4. The van der Waals surface area contributed by atoms with Crippen molar-refractivity contribution in [2.75, 3.05) is 26.2 Å². The van der Waals surface area contributed by atoms with Gasteiger partial charge in [0.2, 0.25) is 5.91 Å². The van der Waals surface area contributed by atoms with Crippen LogP contribution in [0.3, 0.4) is 0 Å². The van der Waals surface area contributed by atoms with Crippen molar-refractivity contribution in [3.05, 3.63) is 0 Å². The average Bonchev–Trinajstić information content (AvgIpc) is 3.04. The second-order valence-corrected chi connectivity index (χ2v) is 5.34. The number of carbonyl (C=O) groups excluding carboxylic acids is 1. The molecule has 1 aliphatic carbocycles. The Bertz CT molecular complexity index is 253. The van der Waals surface area contributed by atoms with Gasteiger partial charge in [-0.25, -0.2) is 0 Å². The molecule has 0 bridgehead atoms. The van der Waals surface area contributed by atoms with Gasteiger partial charge in [-0.2, -0.15) is 0 Å². The molecule has 2 fully saturated rings. The Morgan fingerprint density at radius 1 is 1.44 bits per heavy atom. The first kappa shape index (κ1) is 11.9. The van der Waals surface area contributed by atoms with Gasteiger partial charge in [0.05, 0.1) is 6.54 Å². The van der Waals surface area contributed by atoms with E-state index in [4.69, 9.17) is 5.73 Å². The SMILES string of the molecule is CC1CCN(CC(=O)NC2CC2)CC1CN. The molecule has 16 heavy (non-hydrogen) atoms.